The first-order chi connectivity index (χ1) is 11.4. The van der Waals surface area contributed by atoms with Crippen molar-refractivity contribution < 1.29 is 13.2 Å². The molecule has 5 nitrogen and oxygen atoms in total. The Labute approximate surface area is 144 Å². The maximum Gasteiger partial charge on any atom is 0.269 e. The SMILES string of the molecule is Cc1ccc(S(=O)(=O)n2ccc3cc(/C=C/C(=O)Cl)cnc32)cc1. The van der Waals surface area contributed by atoms with Gasteiger partial charge in [-0.2, -0.15) is 0 Å². The van der Waals surface area contributed by atoms with Gasteiger partial charge < -0.3 is 0 Å². The van der Waals surface area contributed by atoms with Crippen LogP contribution in [0.1, 0.15) is 11.1 Å². The van der Waals surface area contributed by atoms with Crippen molar-refractivity contribution in [2.24, 2.45) is 0 Å². The molecule has 1 aromatic carbocycles. The fourth-order valence-electron chi connectivity index (χ4n) is 2.29. The smallest absolute Gasteiger partial charge is 0.269 e. The molecule has 0 fully saturated rings. The largest absolute Gasteiger partial charge is 0.276 e. The Hall–Kier alpha value is -2.44. The van der Waals surface area contributed by atoms with Crippen molar-refractivity contribution in [2.75, 3.05) is 0 Å². The Morgan fingerprint density at radius 2 is 1.92 bits per heavy atom. The molecule has 0 bridgehead atoms. The van der Waals surface area contributed by atoms with Crippen LogP contribution in [0.2, 0.25) is 0 Å². The number of allylic oxidation sites excluding steroid dienone is 1. The van der Waals surface area contributed by atoms with Gasteiger partial charge in [0.15, 0.2) is 5.65 Å². The van der Waals surface area contributed by atoms with E-state index < -0.39 is 15.3 Å². The third kappa shape index (κ3) is 3.11. The van der Waals surface area contributed by atoms with E-state index in [1.165, 1.54) is 24.5 Å². The van der Waals surface area contributed by atoms with Gasteiger partial charge in [-0.25, -0.2) is 17.4 Å². The Bertz CT molecular complexity index is 1050. The summed E-state index contributed by atoms with van der Waals surface area (Å²) in [7, 11) is -3.72. The molecule has 0 saturated heterocycles. The third-order valence-corrected chi connectivity index (χ3v) is 5.31. The minimum absolute atomic E-state index is 0.198. The second-order valence-electron chi connectivity index (χ2n) is 5.25. The van der Waals surface area contributed by atoms with Crippen LogP contribution < -0.4 is 0 Å². The van der Waals surface area contributed by atoms with Gasteiger partial charge in [-0.15, -0.1) is 0 Å². The number of fused-ring (bicyclic) bond motifs is 1. The summed E-state index contributed by atoms with van der Waals surface area (Å²) in [4.78, 5) is 15.2. The van der Waals surface area contributed by atoms with Gasteiger partial charge in [-0.05, 0) is 60.5 Å². The fraction of sp³-hybridized carbons (Fsp3) is 0.0588. The highest BCUT2D eigenvalue weighted by atomic mass is 35.5. The van der Waals surface area contributed by atoms with Gasteiger partial charge in [-0.1, -0.05) is 17.7 Å². The van der Waals surface area contributed by atoms with Crippen molar-refractivity contribution in [1.29, 1.82) is 0 Å². The van der Waals surface area contributed by atoms with Crippen LogP contribution in [-0.2, 0) is 14.8 Å². The van der Waals surface area contributed by atoms with Gasteiger partial charge in [-0.3, -0.25) is 4.79 Å². The van der Waals surface area contributed by atoms with E-state index in [1.54, 1.807) is 36.4 Å². The molecule has 7 heteroatoms. The molecule has 0 aliphatic carbocycles. The average molecular weight is 361 g/mol. The predicted octanol–water partition coefficient (Wildman–Crippen LogP) is 3.36. The van der Waals surface area contributed by atoms with Crippen LogP contribution in [0.15, 0.2) is 59.8 Å². The number of rotatable bonds is 4. The highest BCUT2D eigenvalue weighted by Crippen LogP contribution is 2.22. The quantitative estimate of drug-likeness (QED) is 0.528. The van der Waals surface area contributed by atoms with E-state index in [0.29, 0.717) is 16.6 Å². The second kappa shape index (κ2) is 6.22. The number of hydrogen-bond donors (Lipinski definition) is 0. The van der Waals surface area contributed by atoms with E-state index in [4.69, 9.17) is 11.6 Å². The summed E-state index contributed by atoms with van der Waals surface area (Å²) < 4.78 is 26.7. The van der Waals surface area contributed by atoms with Gasteiger partial charge in [0, 0.05) is 17.8 Å². The lowest BCUT2D eigenvalue weighted by Gasteiger charge is -2.07. The zero-order valence-corrected chi connectivity index (χ0v) is 14.3. The number of carbonyl (C=O) groups is 1. The maximum atomic E-state index is 12.8. The number of aryl methyl sites for hydroxylation is 1. The molecule has 0 radical (unpaired) electrons. The van der Waals surface area contributed by atoms with E-state index in [2.05, 4.69) is 4.98 Å². The number of carbonyl (C=O) groups excluding carboxylic acids is 1. The fourth-order valence-corrected chi connectivity index (χ4v) is 3.66. The molecule has 0 aliphatic rings. The van der Waals surface area contributed by atoms with Crippen LogP contribution in [0, 0.1) is 6.92 Å². The van der Waals surface area contributed by atoms with Crippen LogP contribution in [0.25, 0.3) is 17.1 Å². The maximum absolute atomic E-state index is 12.8. The summed E-state index contributed by atoms with van der Waals surface area (Å²) in [6, 6.07) is 10.0. The van der Waals surface area contributed by atoms with Crippen LogP contribution in [0.5, 0.6) is 0 Å². The second-order valence-corrected chi connectivity index (χ2v) is 7.44. The first kappa shape index (κ1) is 16.4. The van der Waals surface area contributed by atoms with Gasteiger partial charge in [0.25, 0.3) is 10.0 Å². The molecule has 0 aliphatic heterocycles. The van der Waals surface area contributed by atoms with Gasteiger partial charge in [0.1, 0.15) is 0 Å². The van der Waals surface area contributed by atoms with Gasteiger partial charge in [0.2, 0.25) is 5.24 Å². The van der Waals surface area contributed by atoms with Crippen LogP contribution in [0.4, 0.5) is 0 Å². The summed E-state index contributed by atoms with van der Waals surface area (Å²) in [5, 5.41) is 0.0597. The summed E-state index contributed by atoms with van der Waals surface area (Å²) in [5.74, 6) is 0. The van der Waals surface area contributed by atoms with Gasteiger partial charge >= 0.3 is 0 Å². The van der Waals surface area contributed by atoms with E-state index in [9.17, 15) is 13.2 Å². The van der Waals surface area contributed by atoms with Gasteiger partial charge in [0.05, 0.1) is 4.90 Å². The van der Waals surface area contributed by atoms with Crippen molar-refractivity contribution in [3.8, 4) is 0 Å². The molecule has 2 heterocycles. The molecule has 0 spiro atoms. The standard InChI is InChI=1S/C17H13ClN2O3S/c1-12-2-5-15(6-3-12)24(22,23)20-9-8-14-10-13(4-7-16(18)21)11-19-17(14)20/h2-11H,1H3/b7-4+. The van der Waals surface area contributed by atoms with E-state index >= 15 is 0 Å². The normalized spacial score (nSPS) is 12.1. The number of benzene rings is 1. The Morgan fingerprint density at radius 3 is 2.58 bits per heavy atom. The molecular weight excluding hydrogens is 348 g/mol. The molecule has 3 aromatic rings. The minimum atomic E-state index is -3.72. The Balaban J connectivity index is 2.07. The lowest BCUT2D eigenvalue weighted by atomic mass is 10.2. The van der Waals surface area contributed by atoms with E-state index in [0.717, 1.165) is 9.54 Å². The minimum Gasteiger partial charge on any atom is -0.276 e. The van der Waals surface area contributed by atoms with Crippen molar-refractivity contribution in [2.45, 2.75) is 11.8 Å². The molecule has 122 valence electrons. The van der Waals surface area contributed by atoms with Crippen LogP contribution >= 0.6 is 11.6 Å². The molecule has 0 N–H and O–H groups in total. The zero-order chi connectivity index (χ0) is 17.3. The van der Waals surface area contributed by atoms with Crippen LogP contribution in [-0.4, -0.2) is 22.6 Å². The molecule has 0 atom stereocenters. The summed E-state index contributed by atoms with van der Waals surface area (Å²) in [5.41, 5.74) is 1.96. The zero-order valence-electron chi connectivity index (χ0n) is 12.7. The lowest BCUT2D eigenvalue weighted by Crippen LogP contribution is -2.12. The van der Waals surface area contributed by atoms with Crippen molar-refractivity contribution in [3.63, 3.8) is 0 Å². The molecule has 0 saturated carbocycles. The Morgan fingerprint density at radius 1 is 1.21 bits per heavy atom. The highest BCUT2D eigenvalue weighted by molar-refractivity contribution is 7.90. The summed E-state index contributed by atoms with van der Waals surface area (Å²) in [6.45, 7) is 1.89. The summed E-state index contributed by atoms with van der Waals surface area (Å²) >= 11 is 5.26. The highest BCUT2D eigenvalue weighted by Gasteiger charge is 2.19. The molecule has 0 amide bonds. The molecule has 24 heavy (non-hydrogen) atoms. The topological polar surface area (TPSA) is 69.0 Å². The van der Waals surface area contributed by atoms with Crippen molar-refractivity contribution in [3.05, 3.63) is 66.0 Å². The lowest BCUT2D eigenvalue weighted by molar-refractivity contribution is -0.107. The first-order valence-electron chi connectivity index (χ1n) is 7.05. The molecule has 2 aromatic heterocycles. The van der Waals surface area contributed by atoms with Crippen molar-refractivity contribution in [1.82, 2.24) is 8.96 Å². The number of nitrogens with zero attached hydrogens (tertiary/aromatic N) is 2. The predicted molar refractivity (Wildman–Crippen MR) is 93.4 cm³/mol. The first-order valence-corrected chi connectivity index (χ1v) is 8.86. The average Bonchev–Trinajstić information content (AvgIpc) is 2.97. The molecular formula is C17H13ClN2O3S. The number of halogens is 1. The van der Waals surface area contributed by atoms with Crippen molar-refractivity contribution >= 4 is 44.0 Å². The number of pyridine rings is 1. The molecule has 3 rings (SSSR count). The summed E-state index contributed by atoms with van der Waals surface area (Å²) in [6.07, 6.45) is 5.69. The molecule has 0 unspecified atom stereocenters. The monoisotopic (exact) mass is 360 g/mol. The number of hydrogen-bond acceptors (Lipinski definition) is 4. The van der Waals surface area contributed by atoms with Crippen LogP contribution in [0.3, 0.4) is 0 Å². The number of aromatic nitrogens is 2. The third-order valence-electron chi connectivity index (χ3n) is 3.50. The van der Waals surface area contributed by atoms with E-state index in [1.807, 2.05) is 6.92 Å². The van der Waals surface area contributed by atoms with E-state index in [-0.39, 0.29) is 4.90 Å². The Kier molecular flexibility index (Phi) is 4.26.